The Morgan fingerprint density at radius 3 is 1.71 bits per heavy atom. The number of aromatic hydroxyl groups is 1. The normalized spacial score (nSPS) is 17.8. The lowest BCUT2D eigenvalue weighted by Gasteiger charge is -2.20. The van der Waals surface area contributed by atoms with Gasteiger partial charge in [-0.15, -0.1) is 45.9 Å². The number of benzene rings is 3. The molecule has 4 heterocycles. The van der Waals surface area contributed by atoms with Crippen LogP contribution < -0.4 is 9.80 Å². The third-order valence-corrected chi connectivity index (χ3v) is 11.8. The fourth-order valence-electron chi connectivity index (χ4n) is 6.71. The molecule has 2 atom stereocenters. The van der Waals surface area contributed by atoms with E-state index in [-0.39, 0.29) is 29.4 Å². The maximum absolute atomic E-state index is 13.8. The first-order valence-corrected chi connectivity index (χ1v) is 16.7. The average molecular weight is 636 g/mol. The Kier molecular flexibility index (Phi) is 6.77. The summed E-state index contributed by atoms with van der Waals surface area (Å²) in [6, 6.07) is 10.7. The summed E-state index contributed by atoms with van der Waals surface area (Å²) in [6.07, 6.45) is 0. The van der Waals surface area contributed by atoms with Gasteiger partial charge >= 0.3 is 0 Å². The van der Waals surface area contributed by atoms with Gasteiger partial charge in [-0.1, -0.05) is 0 Å². The largest absolute Gasteiger partial charge is 0.506 e. The lowest BCUT2D eigenvalue weighted by molar-refractivity contribution is 0.0977. The Hall–Kier alpha value is -3.10. The van der Waals surface area contributed by atoms with Crippen molar-refractivity contribution >= 4 is 89.2 Å². The van der Waals surface area contributed by atoms with E-state index >= 15 is 0 Å². The third-order valence-electron chi connectivity index (χ3n) is 8.70. The highest BCUT2D eigenvalue weighted by Gasteiger charge is 2.37. The number of alkyl halides is 2. The Labute approximate surface area is 261 Å². The first-order chi connectivity index (χ1) is 20.2. The molecule has 0 bridgehead atoms. The van der Waals surface area contributed by atoms with Crippen molar-refractivity contribution in [3.8, 4) is 5.75 Å². The summed E-state index contributed by atoms with van der Waals surface area (Å²) < 4.78 is 2.07. The summed E-state index contributed by atoms with van der Waals surface area (Å²) in [5, 5.41) is 17.2. The predicted molar refractivity (Wildman–Crippen MR) is 176 cm³/mol. The fourth-order valence-corrected chi connectivity index (χ4v) is 9.24. The van der Waals surface area contributed by atoms with Gasteiger partial charge in [-0.3, -0.25) is 9.59 Å². The lowest BCUT2D eigenvalue weighted by Crippen LogP contribution is -2.31. The molecule has 42 heavy (non-hydrogen) atoms. The van der Waals surface area contributed by atoms with Gasteiger partial charge in [0.05, 0.1) is 10.4 Å². The number of thiophene rings is 2. The van der Waals surface area contributed by atoms with Crippen molar-refractivity contribution in [2.75, 3.05) is 34.6 Å². The minimum Gasteiger partial charge on any atom is -0.506 e. The molecule has 0 saturated carbocycles. The number of hydrogen-bond donors (Lipinski definition) is 1. The highest BCUT2D eigenvalue weighted by Crippen LogP contribution is 2.49. The van der Waals surface area contributed by atoms with Crippen molar-refractivity contribution < 1.29 is 14.7 Å². The van der Waals surface area contributed by atoms with Gasteiger partial charge in [0.25, 0.3) is 11.8 Å². The van der Waals surface area contributed by atoms with Crippen LogP contribution in [0.1, 0.15) is 60.4 Å². The van der Waals surface area contributed by atoms with Crippen molar-refractivity contribution in [1.82, 2.24) is 0 Å². The molecule has 0 saturated heterocycles. The van der Waals surface area contributed by atoms with E-state index in [0.717, 1.165) is 38.0 Å². The van der Waals surface area contributed by atoms with Gasteiger partial charge in [0.15, 0.2) is 0 Å². The molecule has 2 aliphatic heterocycles. The minimum absolute atomic E-state index is 0.0326. The van der Waals surface area contributed by atoms with E-state index in [9.17, 15) is 14.7 Å². The van der Waals surface area contributed by atoms with Gasteiger partial charge in [0.2, 0.25) is 0 Å². The van der Waals surface area contributed by atoms with Gasteiger partial charge in [-0.05, 0) is 89.7 Å². The van der Waals surface area contributed by atoms with Crippen LogP contribution >= 0.6 is 45.9 Å². The standard InChI is InChI=1S/C33H28Cl2N2O3S2/c1-16-8-23-28(26-17(2)14-41-30(16)26)21(10-34)12-36(23)32(39)19-4-6-20(7-5-19)33(40)37-13-22(11-35)29-24(37)9-25(38)31-27(29)18(3)15-42-31/h4-9,14-15,21-22,38H,10-13H2,1-3H3/t21-,22-/m1/s1. The Morgan fingerprint density at radius 2 is 1.21 bits per heavy atom. The predicted octanol–water partition coefficient (Wildman–Crippen LogP) is 8.71. The van der Waals surface area contributed by atoms with Crippen LogP contribution in [-0.2, 0) is 0 Å². The van der Waals surface area contributed by atoms with Crippen LogP contribution in [0.4, 0.5) is 11.4 Å². The summed E-state index contributed by atoms with van der Waals surface area (Å²) >= 11 is 16.0. The van der Waals surface area contributed by atoms with Crippen molar-refractivity contribution in [1.29, 1.82) is 0 Å². The summed E-state index contributed by atoms with van der Waals surface area (Å²) in [5.74, 6) is 0.707. The molecule has 1 N–H and O–H groups in total. The molecule has 9 heteroatoms. The molecule has 3 aromatic carbocycles. The Bertz CT molecular complexity index is 1790. The van der Waals surface area contributed by atoms with Crippen LogP contribution in [0, 0.1) is 20.8 Å². The van der Waals surface area contributed by atoms with Gasteiger partial charge < -0.3 is 14.9 Å². The third kappa shape index (κ3) is 4.01. The van der Waals surface area contributed by atoms with Crippen LogP contribution in [0.5, 0.6) is 5.75 Å². The molecule has 2 amide bonds. The Morgan fingerprint density at radius 1 is 0.762 bits per heavy atom. The molecular weight excluding hydrogens is 607 g/mol. The van der Waals surface area contributed by atoms with Gasteiger partial charge in [-0.25, -0.2) is 0 Å². The Balaban J connectivity index is 1.20. The molecule has 2 aromatic heterocycles. The number of phenolic OH excluding ortho intramolecular Hbond substituents is 1. The number of nitrogens with zero attached hydrogens (tertiary/aromatic N) is 2. The smallest absolute Gasteiger partial charge is 0.258 e. The molecule has 5 nitrogen and oxygen atoms in total. The number of hydrogen-bond acceptors (Lipinski definition) is 5. The molecule has 2 aliphatic rings. The average Bonchev–Trinajstić information content (AvgIpc) is 3.76. The van der Waals surface area contributed by atoms with E-state index in [4.69, 9.17) is 23.2 Å². The maximum Gasteiger partial charge on any atom is 0.258 e. The summed E-state index contributed by atoms with van der Waals surface area (Å²) in [4.78, 5) is 31.2. The monoisotopic (exact) mass is 634 g/mol. The quantitative estimate of drug-likeness (QED) is 0.201. The number of aryl methyl sites for hydroxylation is 3. The number of anilines is 2. The van der Waals surface area contributed by atoms with E-state index in [1.807, 2.05) is 17.2 Å². The second-order valence-electron chi connectivity index (χ2n) is 11.3. The van der Waals surface area contributed by atoms with Crippen molar-refractivity contribution in [2.45, 2.75) is 32.6 Å². The number of rotatable bonds is 4. The number of phenols is 1. The summed E-state index contributed by atoms with van der Waals surface area (Å²) in [5.41, 5.74) is 8.22. The number of carbonyl (C=O) groups excluding carboxylic acids is 2. The van der Waals surface area contributed by atoms with Crippen LogP contribution in [0.25, 0.3) is 20.2 Å². The highest BCUT2D eigenvalue weighted by atomic mass is 35.5. The van der Waals surface area contributed by atoms with Crippen LogP contribution in [0.15, 0.2) is 47.2 Å². The number of carbonyl (C=O) groups is 2. The molecule has 0 aliphatic carbocycles. The zero-order chi connectivity index (χ0) is 29.4. The molecule has 0 unspecified atom stereocenters. The first kappa shape index (κ1) is 27.7. The van der Waals surface area contributed by atoms with E-state index in [0.29, 0.717) is 41.7 Å². The molecule has 0 spiro atoms. The second-order valence-corrected chi connectivity index (χ2v) is 13.7. The molecule has 0 radical (unpaired) electrons. The number of fused-ring (bicyclic) bond motifs is 6. The summed E-state index contributed by atoms with van der Waals surface area (Å²) in [6.45, 7) is 7.18. The molecular formula is C33H28Cl2N2O3S2. The molecule has 7 rings (SSSR count). The van der Waals surface area contributed by atoms with Crippen LogP contribution in [0.3, 0.4) is 0 Å². The number of halogens is 2. The summed E-state index contributed by atoms with van der Waals surface area (Å²) in [7, 11) is 0. The lowest BCUT2D eigenvalue weighted by atomic mass is 9.95. The van der Waals surface area contributed by atoms with Crippen molar-refractivity contribution in [3.05, 3.63) is 86.1 Å². The molecule has 214 valence electrons. The van der Waals surface area contributed by atoms with E-state index in [1.165, 1.54) is 27.0 Å². The van der Waals surface area contributed by atoms with E-state index in [2.05, 4.69) is 25.3 Å². The zero-order valence-corrected chi connectivity index (χ0v) is 26.5. The van der Waals surface area contributed by atoms with Crippen molar-refractivity contribution in [3.63, 3.8) is 0 Å². The van der Waals surface area contributed by atoms with E-state index in [1.54, 1.807) is 46.6 Å². The molecule has 5 aromatic rings. The van der Waals surface area contributed by atoms with E-state index < -0.39 is 0 Å². The fraction of sp³-hybridized carbons (Fsp3) is 0.273. The number of amides is 2. The first-order valence-electron chi connectivity index (χ1n) is 13.8. The minimum atomic E-state index is -0.186. The highest BCUT2D eigenvalue weighted by molar-refractivity contribution is 7.18. The van der Waals surface area contributed by atoms with Crippen LogP contribution in [0.2, 0.25) is 0 Å². The van der Waals surface area contributed by atoms with Gasteiger partial charge in [-0.2, -0.15) is 0 Å². The maximum atomic E-state index is 13.8. The zero-order valence-electron chi connectivity index (χ0n) is 23.3. The SMILES string of the molecule is Cc1cc2c(c3c(C)csc13)[C@H](CCl)CN2C(=O)c1ccc(C(=O)N2C[C@@H](CCl)c3c2cc(O)c2scc(C)c32)cc1. The van der Waals surface area contributed by atoms with Crippen LogP contribution in [-0.4, -0.2) is 41.8 Å². The van der Waals surface area contributed by atoms with Gasteiger partial charge in [0.1, 0.15) is 5.75 Å². The second kappa shape index (κ2) is 10.3. The van der Waals surface area contributed by atoms with Crippen molar-refractivity contribution in [2.24, 2.45) is 0 Å². The van der Waals surface area contributed by atoms with Gasteiger partial charge in [0, 0.05) is 75.0 Å². The molecule has 0 fully saturated rings. The topological polar surface area (TPSA) is 60.9 Å².